The van der Waals surface area contributed by atoms with Gasteiger partial charge in [0.05, 0.1) is 15.3 Å². The smallest absolute Gasteiger partial charge is 0.838 e. The fourth-order valence-electron chi connectivity index (χ4n) is 0.602. The molecule has 132 valence electrons. The van der Waals surface area contributed by atoms with Crippen LogP contribution in [-0.4, -0.2) is 16.4 Å². The van der Waals surface area contributed by atoms with Crippen LogP contribution in [0.4, 0.5) is 0 Å². The van der Waals surface area contributed by atoms with Gasteiger partial charge >= 0.3 is 126 Å². The van der Waals surface area contributed by atoms with Gasteiger partial charge in [0.15, 0.2) is 0 Å². The quantitative estimate of drug-likeness (QED) is 0.303. The molecule has 0 spiro atoms. The van der Waals surface area contributed by atoms with Gasteiger partial charge in [0, 0.05) is 0 Å². The van der Waals surface area contributed by atoms with Crippen LogP contribution in [0.3, 0.4) is 0 Å². The Morgan fingerprint density at radius 1 is 1.04 bits per heavy atom. The third-order valence-corrected chi connectivity index (χ3v) is 2.23. The second-order valence-electron chi connectivity index (χ2n) is 2.32. The zero-order valence-corrected chi connectivity index (χ0v) is 24.1. The first-order valence-electron chi connectivity index (χ1n) is 4.99. The Labute approximate surface area is 235 Å². The van der Waals surface area contributed by atoms with Crippen molar-refractivity contribution in [1.82, 2.24) is 0 Å². The Kier molecular flexibility index (Phi) is 92.3. The SMILES string of the molecule is CCOP=O.O=PO.O=PO.O=P[O-].[K+].[Li+].[Na+].[O-]P([O-])c1ccccc1. The summed E-state index contributed by atoms with van der Waals surface area (Å²) in [6.07, 6.45) is 0. The molecule has 0 atom stereocenters. The van der Waals surface area contributed by atoms with Crippen LogP contribution in [0.5, 0.6) is 0 Å². The van der Waals surface area contributed by atoms with E-state index in [1.807, 2.05) is 0 Å². The van der Waals surface area contributed by atoms with E-state index in [2.05, 4.69) is 4.52 Å². The van der Waals surface area contributed by atoms with Crippen LogP contribution in [0.2, 0.25) is 0 Å². The number of hydrogen-bond acceptors (Lipinski definition) is 8. The van der Waals surface area contributed by atoms with Crippen LogP contribution in [0.25, 0.3) is 0 Å². The van der Waals surface area contributed by atoms with Gasteiger partial charge in [-0.15, -0.1) is 0 Å². The Morgan fingerprint density at radius 3 is 1.46 bits per heavy atom. The molecular formula is C8H12KLiNaO10P5. The van der Waals surface area contributed by atoms with E-state index in [9.17, 15) is 14.4 Å². The van der Waals surface area contributed by atoms with Crippen molar-refractivity contribution in [3.05, 3.63) is 30.3 Å². The average molecular weight is 492 g/mol. The third kappa shape index (κ3) is 63.1. The van der Waals surface area contributed by atoms with Crippen molar-refractivity contribution in [2.45, 2.75) is 6.92 Å². The van der Waals surface area contributed by atoms with Crippen molar-refractivity contribution in [3.8, 4) is 0 Å². The first-order valence-corrected chi connectivity index (χ1v) is 9.16. The van der Waals surface area contributed by atoms with Crippen LogP contribution < -0.4 is 120 Å². The van der Waals surface area contributed by atoms with Gasteiger partial charge in [0.25, 0.3) is 0 Å². The van der Waals surface area contributed by atoms with Crippen LogP contribution >= 0.6 is 43.1 Å². The monoisotopic (exact) mass is 492 g/mol. The molecule has 0 saturated carbocycles. The summed E-state index contributed by atoms with van der Waals surface area (Å²) < 4.78 is 38.8. The van der Waals surface area contributed by atoms with Crippen molar-refractivity contribution < 1.29 is 147 Å². The van der Waals surface area contributed by atoms with Crippen molar-refractivity contribution in [3.63, 3.8) is 0 Å². The molecular weight excluding hydrogens is 480 g/mol. The van der Waals surface area contributed by atoms with Gasteiger partial charge in [0.1, 0.15) is 0 Å². The fourth-order valence-corrected chi connectivity index (χ4v) is 1.12. The summed E-state index contributed by atoms with van der Waals surface area (Å²) in [4.78, 5) is 42.8. The second-order valence-corrected chi connectivity index (χ2v) is 4.24. The summed E-state index contributed by atoms with van der Waals surface area (Å²) >= 11 is 0. The van der Waals surface area contributed by atoms with Crippen molar-refractivity contribution in [1.29, 1.82) is 0 Å². The molecule has 10 nitrogen and oxygen atoms in total. The second kappa shape index (κ2) is 51.1. The first-order chi connectivity index (χ1) is 11.0. The van der Waals surface area contributed by atoms with Gasteiger partial charge in [0.2, 0.25) is 0 Å². The minimum Gasteiger partial charge on any atom is -0.838 e. The van der Waals surface area contributed by atoms with Crippen molar-refractivity contribution >= 4 is 48.4 Å². The van der Waals surface area contributed by atoms with Crippen LogP contribution in [-0.2, 0) is 22.8 Å². The third-order valence-electron chi connectivity index (χ3n) is 1.15. The molecule has 1 rings (SSSR count). The maximum atomic E-state index is 10.2. The fraction of sp³-hybridized carbons (Fsp3) is 0.250. The molecule has 0 amide bonds. The van der Waals surface area contributed by atoms with E-state index in [0.717, 1.165) is 0 Å². The van der Waals surface area contributed by atoms with Crippen LogP contribution in [0.15, 0.2) is 30.3 Å². The van der Waals surface area contributed by atoms with Gasteiger partial charge in [-0.2, -0.15) is 0 Å². The van der Waals surface area contributed by atoms with Gasteiger partial charge in [-0.05, 0) is 6.92 Å². The molecule has 2 N–H and O–H groups in total. The van der Waals surface area contributed by atoms with Crippen molar-refractivity contribution in [2.24, 2.45) is 0 Å². The Hall–Kier alpha value is 3.04. The van der Waals surface area contributed by atoms with E-state index < -0.39 is 34.4 Å². The molecule has 0 unspecified atom stereocenters. The molecule has 0 aromatic heterocycles. The molecule has 0 aliphatic carbocycles. The van der Waals surface area contributed by atoms with E-state index >= 15 is 0 Å². The molecule has 0 radical (unpaired) electrons. The maximum absolute atomic E-state index is 10.2. The molecule has 0 aliphatic rings. The number of hydrogen-bond donors (Lipinski definition) is 2. The summed E-state index contributed by atoms with van der Waals surface area (Å²) in [6, 6.07) is 8.29. The van der Waals surface area contributed by atoms with Gasteiger partial charge in [-0.25, -0.2) is 13.7 Å². The number of rotatable bonds is 3. The van der Waals surface area contributed by atoms with Gasteiger partial charge in [-0.3, -0.25) is 17.5 Å². The normalized spacial score (nSPS) is 7.65. The predicted octanol–water partition coefficient (Wildman–Crippen LogP) is -8.49. The molecule has 0 bridgehead atoms. The number of benzene rings is 1. The van der Waals surface area contributed by atoms with Crippen molar-refractivity contribution in [2.75, 3.05) is 6.61 Å². The van der Waals surface area contributed by atoms with E-state index in [-0.39, 0.29) is 108 Å². The van der Waals surface area contributed by atoms with E-state index in [0.29, 0.717) is 11.9 Å². The average Bonchev–Trinajstić information content (AvgIpc) is 2.52. The summed E-state index contributed by atoms with van der Waals surface area (Å²) in [5, 5.41) is 0.368. The zero-order chi connectivity index (χ0) is 18.9. The summed E-state index contributed by atoms with van der Waals surface area (Å²) in [5.41, 5.74) is 0. The standard InChI is InChI=1S/C6H5O2P.C2H5O2P.K.Li.Na.3HO2P/c7-9(8)6-4-2-1-3-5-6;1-2-4-5-3;;;;3*1-3-2/h1-5H;2H2,1H3;;;;3*(H,1,2)/q-2;;3*+1;;;/p-1. The Balaban J connectivity index is -0.0000000373. The predicted molar refractivity (Wildman–Crippen MR) is 79.5 cm³/mol. The molecule has 26 heavy (non-hydrogen) atoms. The molecule has 18 heteroatoms. The van der Waals surface area contributed by atoms with Gasteiger partial charge < -0.3 is 24.5 Å². The summed E-state index contributed by atoms with van der Waals surface area (Å²) in [6.45, 7) is 2.30. The van der Waals surface area contributed by atoms with E-state index in [1.54, 1.807) is 37.3 Å². The molecule has 0 aliphatic heterocycles. The summed E-state index contributed by atoms with van der Waals surface area (Å²) in [7, 11) is -5.37. The maximum Gasteiger partial charge on any atom is 1.00 e. The largest absolute Gasteiger partial charge is 1.00 e. The topological polar surface area (TPSA) is 187 Å². The molecule has 0 heterocycles. The van der Waals surface area contributed by atoms with E-state index in [4.69, 9.17) is 28.4 Å². The Morgan fingerprint density at radius 2 is 1.35 bits per heavy atom. The minimum absolute atomic E-state index is 0. The zero-order valence-electron chi connectivity index (χ0n) is 14.5. The first kappa shape index (κ1) is 47.0. The summed E-state index contributed by atoms with van der Waals surface area (Å²) in [5.74, 6) is 0. The molecule has 1 aromatic carbocycles. The Bertz CT molecular complexity index is 369. The molecule has 1 aromatic rings. The van der Waals surface area contributed by atoms with Gasteiger partial charge in [-0.1, -0.05) is 35.6 Å². The van der Waals surface area contributed by atoms with Crippen LogP contribution in [0.1, 0.15) is 6.92 Å². The molecule has 0 saturated heterocycles. The van der Waals surface area contributed by atoms with Crippen LogP contribution in [0, 0.1) is 0 Å². The molecule has 0 fully saturated rings. The minimum atomic E-state index is -2.40. The van der Waals surface area contributed by atoms with E-state index in [1.165, 1.54) is 0 Å².